The van der Waals surface area contributed by atoms with E-state index in [0.29, 0.717) is 31.6 Å². The summed E-state index contributed by atoms with van der Waals surface area (Å²) in [6.07, 6.45) is 2.15. The first-order valence-electron chi connectivity index (χ1n) is 10.1. The van der Waals surface area contributed by atoms with Gasteiger partial charge in [-0.05, 0) is 45.7 Å². The molecule has 1 aromatic carbocycles. The van der Waals surface area contributed by atoms with E-state index >= 15 is 0 Å². The summed E-state index contributed by atoms with van der Waals surface area (Å²) in [5.74, 6) is -0.895. The maximum absolute atomic E-state index is 12.4. The van der Waals surface area contributed by atoms with Gasteiger partial charge in [0.05, 0.1) is 18.0 Å². The van der Waals surface area contributed by atoms with Crippen molar-refractivity contribution in [3.63, 3.8) is 0 Å². The minimum atomic E-state index is -1.11. The lowest BCUT2D eigenvalue weighted by Crippen LogP contribution is -2.49. The molecule has 0 aliphatic carbocycles. The lowest BCUT2D eigenvalue weighted by atomic mass is 9.85. The Balaban J connectivity index is 1.85. The molecule has 0 atom stereocenters. The molecule has 1 saturated heterocycles. The van der Waals surface area contributed by atoms with Crippen LogP contribution in [0.4, 0.5) is 16.3 Å². The van der Waals surface area contributed by atoms with E-state index in [1.165, 1.54) is 6.20 Å². The topological polar surface area (TPSA) is 120 Å². The van der Waals surface area contributed by atoms with Gasteiger partial charge in [-0.15, -0.1) is 0 Å². The first-order valence-corrected chi connectivity index (χ1v) is 10.1. The highest BCUT2D eigenvalue weighted by Gasteiger charge is 2.40. The number of nitrogens with one attached hydrogen (secondary N) is 1. The Morgan fingerprint density at radius 2 is 1.90 bits per heavy atom. The number of carboxylic acid groups (broad SMARTS) is 1. The van der Waals surface area contributed by atoms with Gasteiger partial charge in [0.1, 0.15) is 11.2 Å². The number of carboxylic acids is 1. The zero-order valence-corrected chi connectivity index (χ0v) is 18.0. The van der Waals surface area contributed by atoms with Crippen LogP contribution in [0.2, 0.25) is 0 Å². The van der Waals surface area contributed by atoms with Crippen molar-refractivity contribution in [1.29, 1.82) is 5.26 Å². The van der Waals surface area contributed by atoms with Crippen LogP contribution in [0.1, 0.15) is 50.4 Å². The fourth-order valence-electron chi connectivity index (χ4n) is 3.59. The number of amides is 1. The van der Waals surface area contributed by atoms with Gasteiger partial charge in [0.25, 0.3) is 0 Å². The van der Waals surface area contributed by atoms with Gasteiger partial charge in [-0.1, -0.05) is 18.2 Å². The number of aromatic carboxylic acids is 1. The molecule has 3 rings (SSSR count). The third-order valence-corrected chi connectivity index (χ3v) is 5.22. The number of nitrogens with zero attached hydrogens (tertiary/aromatic N) is 4. The number of carbonyl (C=O) groups excluding carboxylic acids is 1. The molecule has 0 radical (unpaired) electrons. The van der Waals surface area contributed by atoms with Crippen LogP contribution in [0.25, 0.3) is 0 Å². The van der Waals surface area contributed by atoms with Crippen molar-refractivity contribution in [2.24, 2.45) is 0 Å². The van der Waals surface area contributed by atoms with Gasteiger partial charge in [-0.25, -0.2) is 9.59 Å². The van der Waals surface area contributed by atoms with Gasteiger partial charge >= 0.3 is 12.1 Å². The number of carbonyl (C=O) groups is 2. The van der Waals surface area contributed by atoms with Crippen molar-refractivity contribution in [3.8, 4) is 6.07 Å². The first kappa shape index (κ1) is 22.2. The highest BCUT2D eigenvalue weighted by molar-refractivity contribution is 5.93. The summed E-state index contributed by atoms with van der Waals surface area (Å²) in [6.45, 7) is 6.22. The predicted octanol–water partition coefficient (Wildman–Crippen LogP) is 3.96. The molecule has 2 heterocycles. The molecule has 1 amide bonds. The van der Waals surface area contributed by atoms with Gasteiger partial charge in [-0.2, -0.15) is 10.4 Å². The lowest BCUT2D eigenvalue weighted by molar-refractivity contribution is 0.0105. The fraction of sp³-hybridized carbons (Fsp3) is 0.455. The summed E-state index contributed by atoms with van der Waals surface area (Å²) >= 11 is 0. The first-order chi connectivity index (χ1) is 14.6. The molecule has 9 heteroatoms. The molecule has 0 spiro atoms. The van der Waals surface area contributed by atoms with Gasteiger partial charge in [0, 0.05) is 25.0 Å². The number of hydrogen-bond acceptors (Lipinski definition) is 6. The smallest absolute Gasteiger partial charge is 0.410 e. The Hall–Kier alpha value is -3.54. The zero-order chi connectivity index (χ0) is 22.6. The number of likely N-dealkylation sites (tertiary alicyclic amines) is 1. The van der Waals surface area contributed by atoms with Gasteiger partial charge < -0.3 is 20.1 Å². The van der Waals surface area contributed by atoms with Crippen molar-refractivity contribution >= 4 is 23.6 Å². The molecular weight excluding hydrogens is 398 g/mol. The van der Waals surface area contributed by atoms with E-state index in [0.717, 1.165) is 0 Å². The lowest BCUT2D eigenvalue weighted by Gasteiger charge is -2.40. The average molecular weight is 425 g/mol. The van der Waals surface area contributed by atoms with Crippen LogP contribution in [-0.2, 0) is 10.3 Å². The normalized spacial score (nSPS) is 15.7. The molecule has 2 aromatic rings. The van der Waals surface area contributed by atoms with Crippen molar-refractivity contribution in [1.82, 2.24) is 14.7 Å². The fourth-order valence-corrected chi connectivity index (χ4v) is 3.59. The summed E-state index contributed by atoms with van der Waals surface area (Å²) < 4.78 is 7.02. The molecule has 0 saturated carbocycles. The second-order valence-corrected chi connectivity index (χ2v) is 8.66. The quantitative estimate of drug-likeness (QED) is 0.743. The van der Waals surface area contributed by atoms with Gasteiger partial charge in [0.2, 0.25) is 0 Å². The van der Waals surface area contributed by atoms with E-state index < -0.39 is 23.2 Å². The van der Waals surface area contributed by atoms with Crippen LogP contribution in [0.15, 0.2) is 36.5 Å². The summed E-state index contributed by atoms with van der Waals surface area (Å²) in [5.41, 5.74) is -0.553. The summed E-state index contributed by atoms with van der Waals surface area (Å²) in [4.78, 5) is 25.8. The predicted molar refractivity (Wildman–Crippen MR) is 114 cm³/mol. The second kappa shape index (κ2) is 8.68. The molecule has 164 valence electrons. The Kier molecular flexibility index (Phi) is 6.20. The molecule has 1 aromatic heterocycles. The van der Waals surface area contributed by atoms with Crippen LogP contribution in [0.5, 0.6) is 0 Å². The standard InChI is InChI=1S/C22H27N5O4/c1-21(2,3)31-20(30)26-13-10-22(9-12-23,11-14-26)27-15-17(19(28)29)18(25-27)24-16-7-5-4-6-8-16/h4-8,15H,9-11,13-14H2,1-3H3,(H,24,25)(H,28,29). The number of ether oxygens (including phenoxy) is 1. The number of aromatic nitrogens is 2. The number of nitriles is 1. The Morgan fingerprint density at radius 3 is 2.45 bits per heavy atom. The highest BCUT2D eigenvalue weighted by Crippen LogP contribution is 2.35. The van der Waals surface area contributed by atoms with E-state index in [4.69, 9.17) is 4.74 Å². The SMILES string of the molecule is CC(C)(C)OC(=O)N1CCC(CC#N)(n2cc(C(=O)O)c(Nc3ccccc3)n2)CC1. The summed E-state index contributed by atoms with van der Waals surface area (Å²) in [7, 11) is 0. The van der Waals surface area contributed by atoms with E-state index in [2.05, 4.69) is 16.5 Å². The maximum Gasteiger partial charge on any atom is 0.410 e. The number of hydrogen-bond donors (Lipinski definition) is 2. The van der Waals surface area contributed by atoms with Gasteiger partial charge in [-0.3, -0.25) is 4.68 Å². The van der Waals surface area contributed by atoms with Crippen LogP contribution < -0.4 is 5.32 Å². The Morgan fingerprint density at radius 1 is 1.26 bits per heavy atom. The Labute approximate surface area is 181 Å². The van der Waals surface area contributed by atoms with Crippen LogP contribution in [0, 0.1) is 11.3 Å². The summed E-state index contributed by atoms with van der Waals surface area (Å²) in [6, 6.07) is 11.4. The molecule has 1 aliphatic heterocycles. The van der Waals surface area contributed by atoms with Crippen molar-refractivity contribution < 1.29 is 19.4 Å². The van der Waals surface area contributed by atoms with Crippen LogP contribution in [0.3, 0.4) is 0 Å². The van der Waals surface area contributed by atoms with E-state index in [9.17, 15) is 20.0 Å². The van der Waals surface area contributed by atoms with E-state index in [1.807, 2.05) is 51.1 Å². The molecule has 0 bridgehead atoms. The second-order valence-electron chi connectivity index (χ2n) is 8.66. The maximum atomic E-state index is 12.4. The van der Waals surface area contributed by atoms with Gasteiger partial charge in [0.15, 0.2) is 5.82 Å². The number of benzene rings is 1. The van der Waals surface area contributed by atoms with Crippen LogP contribution >= 0.6 is 0 Å². The number of anilines is 2. The highest BCUT2D eigenvalue weighted by atomic mass is 16.6. The third kappa shape index (κ3) is 5.15. The number of piperidine rings is 1. The minimum absolute atomic E-state index is 0.0238. The zero-order valence-electron chi connectivity index (χ0n) is 18.0. The Bertz CT molecular complexity index is 980. The number of rotatable bonds is 5. The molecular formula is C22H27N5O4. The monoisotopic (exact) mass is 425 g/mol. The van der Waals surface area contributed by atoms with Crippen LogP contribution in [-0.4, -0.2) is 50.5 Å². The van der Waals surface area contributed by atoms with E-state index in [1.54, 1.807) is 9.58 Å². The molecule has 1 aliphatic rings. The molecule has 31 heavy (non-hydrogen) atoms. The van der Waals surface area contributed by atoms with E-state index in [-0.39, 0.29) is 17.8 Å². The van der Waals surface area contributed by atoms with Crippen molar-refractivity contribution in [3.05, 3.63) is 42.1 Å². The van der Waals surface area contributed by atoms with Crippen molar-refractivity contribution in [2.75, 3.05) is 18.4 Å². The molecule has 9 nitrogen and oxygen atoms in total. The molecule has 0 unspecified atom stereocenters. The summed E-state index contributed by atoms with van der Waals surface area (Å²) in [5, 5.41) is 26.7. The largest absolute Gasteiger partial charge is 0.477 e. The average Bonchev–Trinajstić information content (AvgIpc) is 3.13. The molecule has 2 N–H and O–H groups in total. The third-order valence-electron chi connectivity index (χ3n) is 5.22. The molecule has 1 fully saturated rings. The number of para-hydroxylation sites is 1. The minimum Gasteiger partial charge on any atom is -0.477 e. The van der Waals surface area contributed by atoms with Crippen molar-refractivity contribution in [2.45, 2.75) is 51.2 Å².